The molecule has 24 heteroatoms. The number of nitro groups is 4. The second-order valence-electron chi connectivity index (χ2n) is 22.6. The van der Waals surface area contributed by atoms with Gasteiger partial charge in [-0.2, -0.15) is 0 Å². The van der Waals surface area contributed by atoms with Gasteiger partial charge in [-0.3, -0.25) is 59.6 Å². The number of ether oxygens (including phenoxy) is 4. The first-order valence-corrected chi connectivity index (χ1v) is 30.7. The predicted molar refractivity (Wildman–Crippen MR) is 337 cm³/mol. The van der Waals surface area contributed by atoms with Crippen LogP contribution in [0.2, 0.25) is 0 Å². The molecular weight excluding hydrogens is 1180 g/mol. The van der Waals surface area contributed by atoms with Crippen LogP contribution in [0, 0.1) is 40.5 Å². The zero-order valence-corrected chi connectivity index (χ0v) is 51.5. The number of non-ortho nitro benzene ring substituents is 4. The number of hydrogen-bond donors (Lipinski definition) is 4. The van der Waals surface area contributed by atoms with Crippen LogP contribution in [0.15, 0.2) is 146 Å². The van der Waals surface area contributed by atoms with Crippen molar-refractivity contribution in [1.82, 2.24) is 19.9 Å². The van der Waals surface area contributed by atoms with E-state index in [0.29, 0.717) is 67.8 Å². The number of nitrogens with one attached hydrogen (secondary N) is 4. The number of rotatable bonds is 28. The van der Waals surface area contributed by atoms with Crippen molar-refractivity contribution < 1.29 is 57.8 Å². The summed E-state index contributed by atoms with van der Waals surface area (Å²) in [6.45, 7) is 7.30. The molecule has 0 unspecified atom stereocenters. The van der Waals surface area contributed by atoms with Gasteiger partial charge < -0.3 is 38.9 Å². The highest BCUT2D eigenvalue weighted by Gasteiger charge is 2.49. The molecule has 4 N–H and O–H groups in total. The maximum absolute atomic E-state index is 13.4. The Morgan fingerprint density at radius 3 is 0.609 bits per heavy atom. The predicted octanol–water partition coefficient (Wildman–Crippen LogP) is 13.2. The number of aromatic amines is 4. The highest BCUT2D eigenvalue weighted by atomic mass is 16.6. The molecule has 9 rings (SSSR count). The molecule has 1 aliphatic heterocycles. The number of esters is 4. The summed E-state index contributed by atoms with van der Waals surface area (Å²) >= 11 is 0. The van der Waals surface area contributed by atoms with Crippen LogP contribution in [-0.4, -0.2) is 89.9 Å². The van der Waals surface area contributed by atoms with Gasteiger partial charge >= 0.3 is 23.9 Å². The van der Waals surface area contributed by atoms with E-state index in [1.165, 1.54) is 48.5 Å². The molecule has 0 radical (unpaired) electrons. The van der Waals surface area contributed by atoms with Crippen molar-refractivity contribution in [3.63, 3.8) is 0 Å². The Balaban J connectivity index is 1.47. The van der Waals surface area contributed by atoms with Crippen LogP contribution in [0.3, 0.4) is 0 Å². The summed E-state index contributed by atoms with van der Waals surface area (Å²) in [5, 5.41) is 49.7. The summed E-state index contributed by atoms with van der Waals surface area (Å²) in [7, 11) is 0. The smallest absolute Gasteiger partial charge is 0.305 e. The minimum Gasteiger partial charge on any atom is -0.466 e. The lowest BCUT2D eigenvalue weighted by atomic mass is 9.70. The van der Waals surface area contributed by atoms with Crippen molar-refractivity contribution in [2.24, 2.45) is 0 Å². The third-order valence-electron chi connectivity index (χ3n) is 17.7. The van der Waals surface area contributed by atoms with Crippen LogP contribution in [0.25, 0.3) is 0 Å². The first-order chi connectivity index (χ1) is 44.3. The second-order valence-corrected chi connectivity index (χ2v) is 22.6. The molecule has 0 atom stereocenters. The van der Waals surface area contributed by atoms with Crippen LogP contribution in [0.4, 0.5) is 22.7 Å². The van der Waals surface area contributed by atoms with E-state index in [0.717, 1.165) is 0 Å². The first kappa shape index (κ1) is 65.9. The average molecular weight is 1260 g/mol. The fraction of sp³-hybridized carbons (Fsp3) is 0.353. The van der Waals surface area contributed by atoms with Gasteiger partial charge in [-0.05, 0) is 150 Å². The number of nitro benzene ring substituents is 4. The number of nitrogens with zero attached hydrogens (tertiary/aromatic N) is 4. The topological polar surface area (TPSA) is 341 Å². The molecule has 0 saturated heterocycles. The minimum absolute atomic E-state index is 0.0440. The highest BCUT2D eigenvalue weighted by molar-refractivity contribution is 5.71. The van der Waals surface area contributed by atoms with Gasteiger partial charge in [-0.25, -0.2) is 0 Å². The number of H-pyrrole nitrogens is 4. The van der Waals surface area contributed by atoms with Crippen molar-refractivity contribution in [3.8, 4) is 0 Å². The van der Waals surface area contributed by atoms with Crippen molar-refractivity contribution in [3.05, 3.63) is 254 Å². The fourth-order valence-electron chi connectivity index (χ4n) is 13.4. The molecule has 480 valence electrons. The molecule has 92 heavy (non-hydrogen) atoms. The molecule has 5 heterocycles. The standard InChI is InChI=1S/C68H72N8O16/c1-5-89-61(77)13-9-41-65(45-17-25-49(26-18-45)73(81)82)53-33-35-55(69-53)66(42-10-14-62(78)90-6-2,46-19-27-50(28-20-46)74(83)84)57-37-39-59(71-57)68(44-12-16-64(80)92-8-4,48-23-31-52(32-24-48)76(87)88)60-40-38-58(72-60)67(56-36-34-54(65)70-56,43-11-15-63(79)91-7-3)47-21-29-51(30-22-47)75(85)86/h17-40,69-72H,5-16,41-44H2,1-4H3. The largest absolute Gasteiger partial charge is 0.466 e. The van der Waals surface area contributed by atoms with Gasteiger partial charge in [0.2, 0.25) is 0 Å². The van der Waals surface area contributed by atoms with E-state index >= 15 is 0 Å². The lowest BCUT2D eigenvalue weighted by Gasteiger charge is -2.38. The number of fused-ring (bicyclic) bond motifs is 8. The van der Waals surface area contributed by atoms with Crippen LogP contribution < -0.4 is 0 Å². The Kier molecular flexibility index (Phi) is 20.4. The quantitative estimate of drug-likeness (QED) is 0.0153. The van der Waals surface area contributed by atoms with Crippen LogP contribution in [-0.2, 0) is 59.8 Å². The summed E-state index contributed by atoms with van der Waals surface area (Å²) < 4.78 is 21.8. The third kappa shape index (κ3) is 13.1. The molecule has 1 aliphatic rings. The van der Waals surface area contributed by atoms with Gasteiger partial charge in [0, 0.05) is 120 Å². The summed E-state index contributed by atoms with van der Waals surface area (Å²) in [5.41, 5.74) is -0.0760. The number of benzene rings is 4. The Labute approximate surface area is 529 Å². The maximum atomic E-state index is 13.4. The highest BCUT2D eigenvalue weighted by Crippen LogP contribution is 2.53. The van der Waals surface area contributed by atoms with Gasteiger partial charge in [0.1, 0.15) is 0 Å². The fourth-order valence-corrected chi connectivity index (χ4v) is 13.4. The molecule has 0 spiro atoms. The minimum atomic E-state index is -1.39. The molecule has 0 fully saturated rings. The second kappa shape index (κ2) is 28.5. The third-order valence-corrected chi connectivity index (χ3v) is 17.7. The summed E-state index contributed by atoms with van der Waals surface area (Å²) in [5.74, 6) is -1.86. The number of hydrogen-bond acceptors (Lipinski definition) is 16. The molecule has 24 nitrogen and oxygen atoms in total. The lowest BCUT2D eigenvalue weighted by molar-refractivity contribution is -0.385. The molecule has 0 amide bonds. The maximum Gasteiger partial charge on any atom is 0.305 e. The van der Waals surface area contributed by atoms with E-state index in [2.05, 4.69) is 19.9 Å². The molecular formula is C68H72N8O16. The van der Waals surface area contributed by atoms with Crippen molar-refractivity contribution >= 4 is 46.6 Å². The normalized spacial score (nSPS) is 18.3. The van der Waals surface area contributed by atoms with Crippen LogP contribution in [0.1, 0.15) is 173 Å². The molecule has 4 aromatic heterocycles. The molecule has 8 bridgehead atoms. The van der Waals surface area contributed by atoms with Gasteiger partial charge in [-0.15, -0.1) is 0 Å². The molecule has 0 aliphatic carbocycles. The van der Waals surface area contributed by atoms with E-state index in [4.69, 9.17) is 18.9 Å². The van der Waals surface area contributed by atoms with E-state index in [1.54, 1.807) is 76.2 Å². The van der Waals surface area contributed by atoms with E-state index in [-0.39, 0.29) is 126 Å². The zero-order valence-electron chi connectivity index (χ0n) is 51.5. The number of aromatic nitrogens is 4. The molecule has 0 saturated carbocycles. The Bertz CT molecular complexity index is 3370. The average Bonchev–Trinajstić information content (AvgIpc) is 1.53. The Morgan fingerprint density at radius 1 is 0.304 bits per heavy atom. The number of carbonyl (C=O) groups is 4. The van der Waals surface area contributed by atoms with E-state index < -0.39 is 65.2 Å². The van der Waals surface area contributed by atoms with Gasteiger partial charge in [0.25, 0.3) is 22.7 Å². The number of carbonyl (C=O) groups excluding carboxylic acids is 4. The van der Waals surface area contributed by atoms with Gasteiger partial charge in [0.15, 0.2) is 0 Å². The zero-order chi connectivity index (χ0) is 65.8. The van der Waals surface area contributed by atoms with Crippen molar-refractivity contribution in [2.45, 2.75) is 126 Å². The van der Waals surface area contributed by atoms with Gasteiger partial charge in [0.05, 0.1) is 67.8 Å². The monoisotopic (exact) mass is 1260 g/mol. The molecule has 8 aromatic rings. The summed E-state index contributed by atoms with van der Waals surface area (Å²) in [6.07, 6.45) is 1.18. The van der Waals surface area contributed by atoms with E-state index in [1.807, 2.05) is 48.5 Å². The lowest BCUT2D eigenvalue weighted by Crippen LogP contribution is -2.36. The summed E-state index contributed by atoms with van der Waals surface area (Å²) in [4.78, 5) is 117. The Hall–Kier alpha value is -10.5. The van der Waals surface area contributed by atoms with Crippen molar-refractivity contribution in [1.29, 1.82) is 0 Å². The van der Waals surface area contributed by atoms with Crippen LogP contribution in [0.5, 0.6) is 0 Å². The molecule has 4 aromatic carbocycles. The SMILES string of the molecule is CCOC(=O)CCCC1(c2ccc([N+](=O)[O-])cc2)c2ccc([nH]2)C(CCCC(=O)OCC)(c2ccc([N+](=O)[O-])cc2)c2ccc([nH]2)C(CCCC(=O)OCC)(c2ccc([N+](=O)[O-])cc2)c2ccc([nH]2)C(CCCC(=O)OCC)(c2ccc([N+](=O)[O-])cc2)c2ccc1[nH]2. The first-order valence-electron chi connectivity index (χ1n) is 30.7. The van der Waals surface area contributed by atoms with Crippen LogP contribution >= 0.6 is 0 Å². The summed E-state index contributed by atoms with van der Waals surface area (Å²) in [6, 6.07) is 39.4. The van der Waals surface area contributed by atoms with E-state index in [9.17, 15) is 59.6 Å². The Morgan fingerprint density at radius 2 is 0.467 bits per heavy atom. The van der Waals surface area contributed by atoms with Crippen molar-refractivity contribution in [2.75, 3.05) is 26.4 Å². The van der Waals surface area contributed by atoms with Gasteiger partial charge in [-0.1, -0.05) is 48.5 Å².